The van der Waals surface area contributed by atoms with Gasteiger partial charge in [0.15, 0.2) is 0 Å². The standard InChI is InChI=1S/C20H31N3O3S/c1-14-4-5-19(15(2)12-14)27(25,26)23-10-7-17(8-11-23)20(24)22-18-6-9-21-16(3)13-18/h4-5,12,16-18,21H,6-11,13H2,1-3H3,(H,22,24). The average molecular weight is 394 g/mol. The molecule has 0 aliphatic carbocycles. The lowest BCUT2D eigenvalue weighted by molar-refractivity contribution is -0.127. The molecule has 150 valence electrons. The van der Waals surface area contributed by atoms with Gasteiger partial charge in [-0.05, 0) is 64.6 Å². The smallest absolute Gasteiger partial charge is 0.243 e. The molecule has 2 fully saturated rings. The van der Waals surface area contributed by atoms with Crippen LogP contribution in [-0.4, -0.2) is 50.3 Å². The Hall–Kier alpha value is -1.44. The highest BCUT2D eigenvalue weighted by molar-refractivity contribution is 7.89. The molecule has 2 N–H and O–H groups in total. The number of amides is 1. The Morgan fingerprint density at radius 2 is 1.89 bits per heavy atom. The van der Waals surface area contributed by atoms with Crippen LogP contribution in [0, 0.1) is 19.8 Å². The van der Waals surface area contributed by atoms with Crippen molar-refractivity contribution in [1.82, 2.24) is 14.9 Å². The van der Waals surface area contributed by atoms with E-state index in [0.717, 1.165) is 30.5 Å². The second-order valence-electron chi connectivity index (χ2n) is 8.03. The maximum absolute atomic E-state index is 13.0. The van der Waals surface area contributed by atoms with Crippen LogP contribution in [-0.2, 0) is 14.8 Å². The second-order valence-corrected chi connectivity index (χ2v) is 9.94. The summed E-state index contributed by atoms with van der Waals surface area (Å²) in [6.07, 6.45) is 3.06. The molecule has 1 aromatic carbocycles. The predicted molar refractivity (Wildman–Crippen MR) is 106 cm³/mol. The molecule has 0 saturated carbocycles. The number of carbonyl (C=O) groups excluding carboxylic acids is 1. The summed E-state index contributed by atoms with van der Waals surface area (Å²) >= 11 is 0. The second kappa shape index (κ2) is 8.29. The maximum Gasteiger partial charge on any atom is 0.243 e. The number of hydrogen-bond donors (Lipinski definition) is 2. The van der Waals surface area contributed by atoms with Gasteiger partial charge in [0.1, 0.15) is 0 Å². The highest BCUT2D eigenvalue weighted by Gasteiger charge is 2.33. The Labute approximate surface area is 162 Å². The third kappa shape index (κ3) is 4.70. The number of nitrogens with one attached hydrogen (secondary N) is 2. The van der Waals surface area contributed by atoms with Gasteiger partial charge in [0.2, 0.25) is 15.9 Å². The van der Waals surface area contributed by atoms with Crippen LogP contribution < -0.4 is 10.6 Å². The first kappa shape index (κ1) is 20.3. The average Bonchev–Trinajstić information content (AvgIpc) is 2.61. The number of rotatable bonds is 4. The first-order chi connectivity index (χ1) is 12.8. The van der Waals surface area contributed by atoms with Gasteiger partial charge in [-0.2, -0.15) is 4.31 Å². The van der Waals surface area contributed by atoms with E-state index in [2.05, 4.69) is 17.6 Å². The molecule has 2 heterocycles. The third-order valence-corrected chi connectivity index (χ3v) is 7.80. The van der Waals surface area contributed by atoms with Crippen LogP contribution in [0.25, 0.3) is 0 Å². The Morgan fingerprint density at radius 1 is 1.19 bits per heavy atom. The Kier molecular flexibility index (Phi) is 6.23. The molecule has 3 rings (SSSR count). The van der Waals surface area contributed by atoms with Gasteiger partial charge in [0.25, 0.3) is 0 Å². The molecule has 6 nitrogen and oxygen atoms in total. The molecule has 1 amide bonds. The van der Waals surface area contributed by atoms with Crippen molar-refractivity contribution < 1.29 is 13.2 Å². The summed E-state index contributed by atoms with van der Waals surface area (Å²) in [5.74, 6) is -0.0154. The summed E-state index contributed by atoms with van der Waals surface area (Å²) in [5, 5.41) is 6.56. The molecule has 2 saturated heterocycles. The van der Waals surface area contributed by atoms with Crippen molar-refractivity contribution in [3.63, 3.8) is 0 Å². The van der Waals surface area contributed by atoms with Crippen molar-refractivity contribution in [3.8, 4) is 0 Å². The van der Waals surface area contributed by atoms with Gasteiger partial charge >= 0.3 is 0 Å². The van der Waals surface area contributed by atoms with Crippen LogP contribution in [0.4, 0.5) is 0 Å². The molecule has 2 atom stereocenters. The quantitative estimate of drug-likeness (QED) is 0.820. The van der Waals surface area contributed by atoms with Crippen LogP contribution in [0.2, 0.25) is 0 Å². The van der Waals surface area contributed by atoms with E-state index in [0.29, 0.717) is 36.9 Å². The number of piperidine rings is 2. The van der Waals surface area contributed by atoms with Crippen molar-refractivity contribution in [3.05, 3.63) is 29.3 Å². The van der Waals surface area contributed by atoms with Gasteiger partial charge in [-0.25, -0.2) is 8.42 Å². The fourth-order valence-corrected chi connectivity index (χ4v) is 5.84. The number of sulfonamides is 1. The van der Waals surface area contributed by atoms with Gasteiger partial charge in [-0.1, -0.05) is 17.7 Å². The largest absolute Gasteiger partial charge is 0.353 e. The van der Waals surface area contributed by atoms with Crippen molar-refractivity contribution in [2.45, 2.75) is 63.4 Å². The van der Waals surface area contributed by atoms with Crippen molar-refractivity contribution in [2.75, 3.05) is 19.6 Å². The lowest BCUT2D eigenvalue weighted by atomic mass is 9.95. The van der Waals surface area contributed by atoms with Gasteiger partial charge in [0, 0.05) is 31.1 Å². The monoisotopic (exact) mass is 393 g/mol. The molecule has 0 bridgehead atoms. The molecule has 0 radical (unpaired) electrons. The zero-order valence-corrected chi connectivity index (χ0v) is 17.3. The third-order valence-electron chi connectivity index (χ3n) is 5.74. The SMILES string of the molecule is Cc1ccc(S(=O)(=O)N2CCC(C(=O)NC3CCNC(C)C3)CC2)c(C)c1. The summed E-state index contributed by atoms with van der Waals surface area (Å²) < 4.78 is 27.5. The Bertz CT molecular complexity index is 786. The first-order valence-electron chi connectivity index (χ1n) is 9.88. The normalized spacial score (nSPS) is 25.3. The predicted octanol–water partition coefficient (Wildman–Crippen LogP) is 1.96. The molecular weight excluding hydrogens is 362 g/mol. The maximum atomic E-state index is 13.0. The number of aryl methyl sites for hydroxylation is 2. The van der Waals surface area contributed by atoms with Crippen LogP contribution in [0.1, 0.15) is 43.7 Å². The molecular formula is C20H31N3O3S. The van der Waals surface area contributed by atoms with E-state index in [1.807, 2.05) is 26.0 Å². The van der Waals surface area contributed by atoms with Gasteiger partial charge < -0.3 is 10.6 Å². The van der Waals surface area contributed by atoms with Crippen molar-refractivity contribution in [2.24, 2.45) is 5.92 Å². The van der Waals surface area contributed by atoms with Gasteiger partial charge in [-0.3, -0.25) is 4.79 Å². The first-order valence-corrected chi connectivity index (χ1v) is 11.3. The Morgan fingerprint density at radius 3 is 2.52 bits per heavy atom. The topological polar surface area (TPSA) is 78.5 Å². The van der Waals surface area contributed by atoms with Crippen molar-refractivity contribution >= 4 is 15.9 Å². The van der Waals surface area contributed by atoms with Crippen LogP contribution in [0.3, 0.4) is 0 Å². The lowest BCUT2D eigenvalue weighted by Gasteiger charge is -2.33. The minimum Gasteiger partial charge on any atom is -0.353 e. The van der Waals surface area contributed by atoms with E-state index >= 15 is 0 Å². The molecule has 0 aromatic heterocycles. The lowest BCUT2D eigenvalue weighted by Crippen LogP contribution is -2.49. The van der Waals surface area contributed by atoms with Gasteiger partial charge in [-0.15, -0.1) is 0 Å². The number of nitrogens with zero attached hydrogens (tertiary/aromatic N) is 1. The molecule has 1 aromatic rings. The van der Waals surface area contributed by atoms with Crippen molar-refractivity contribution in [1.29, 1.82) is 0 Å². The number of carbonyl (C=O) groups is 1. The molecule has 0 spiro atoms. The highest BCUT2D eigenvalue weighted by atomic mass is 32.2. The Balaban J connectivity index is 1.58. The zero-order valence-electron chi connectivity index (χ0n) is 16.5. The van der Waals surface area contributed by atoms with E-state index in [1.165, 1.54) is 4.31 Å². The summed E-state index contributed by atoms with van der Waals surface area (Å²) in [7, 11) is -3.50. The highest BCUT2D eigenvalue weighted by Crippen LogP contribution is 2.26. The molecule has 2 aliphatic heterocycles. The van der Waals surface area contributed by atoms with E-state index < -0.39 is 10.0 Å². The minimum absolute atomic E-state index is 0.0812. The fraction of sp³-hybridized carbons (Fsp3) is 0.650. The zero-order chi connectivity index (χ0) is 19.6. The number of benzene rings is 1. The van der Waals surface area contributed by atoms with Crippen LogP contribution in [0.5, 0.6) is 0 Å². The molecule has 7 heteroatoms. The summed E-state index contributed by atoms with van der Waals surface area (Å²) in [4.78, 5) is 13.0. The van der Waals surface area contributed by atoms with Gasteiger partial charge in [0.05, 0.1) is 4.90 Å². The summed E-state index contributed by atoms with van der Waals surface area (Å²) in [6, 6.07) is 6.07. The van der Waals surface area contributed by atoms with E-state index in [9.17, 15) is 13.2 Å². The van der Waals surface area contributed by atoms with Crippen LogP contribution >= 0.6 is 0 Å². The molecule has 2 aliphatic rings. The molecule has 2 unspecified atom stereocenters. The van der Waals surface area contributed by atoms with E-state index in [4.69, 9.17) is 0 Å². The van der Waals surface area contributed by atoms with E-state index in [-0.39, 0.29) is 17.9 Å². The fourth-order valence-electron chi connectivity index (χ4n) is 4.17. The van der Waals surface area contributed by atoms with Crippen LogP contribution in [0.15, 0.2) is 23.1 Å². The number of hydrogen-bond acceptors (Lipinski definition) is 4. The summed E-state index contributed by atoms with van der Waals surface area (Å²) in [6.45, 7) is 7.65. The van der Waals surface area contributed by atoms with E-state index in [1.54, 1.807) is 6.07 Å². The minimum atomic E-state index is -3.50. The molecule has 27 heavy (non-hydrogen) atoms. The summed E-state index contributed by atoms with van der Waals surface area (Å²) in [5.41, 5.74) is 1.82.